The number of Topliss-reactive ketones (excluding diaryl/α,β-unsaturated/α-hetero) is 4. The molecule has 0 amide bonds. The summed E-state index contributed by atoms with van der Waals surface area (Å²) in [6.45, 7) is 2.74. The Bertz CT molecular complexity index is 865. The fourth-order valence-electron chi connectivity index (χ4n) is 2.11. The molecule has 0 radical (unpaired) electrons. The second-order valence-corrected chi connectivity index (χ2v) is 6.73. The second kappa shape index (κ2) is 10.4. The lowest BCUT2D eigenvalue weighted by atomic mass is 10.0. The molecule has 0 bridgehead atoms. The van der Waals surface area contributed by atoms with Crippen molar-refractivity contribution in [2.75, 3.05) is 11.5 Å². The van der Waals surface area contributed by atoms with Crippen LogP contribution in [0.25, 0.3) is 0 Å². The van der Waals surface area contributed by atoms with Crippen LogP contribution in [0.5, 0.6) is 0 Å². The van der Waals surface area contributed by atoms with Crippen molar-refractivity contribution >= 4 is 50.4 Å². The standard InChI is InChI=1S/C10H10BrNO2.C10H11NO2/c1-6(13)9(11)10(14)7-4-2-3-5-8(7)12;1-7(12)6-10(13)8-4-2-3-5-9(8)11/h2-5,9H,12H2,1H3;2-5H,6,11H2,1H3. The topological polar surface area (TPSA) is 120 Å². The minimum atomic E-state index is -0.799. The van der Waals surface area contributed by atoms with Gasteiger partial charge < -0.3 is 11.5 Å². The highest BCUT2D eigenvalue weighted by Gasteiger charge is 2.22. The molecule has 7 heteroatoms. The number of hydrogen-bond acceptors (Lipinski definition) is 6. The van der Waals surface area contributed by atoms with Gasteiger partial charge in [-0.3, -0.25) is 19.2 Å². The summed E-state index contributed by atoms with van der Waals surface area (Å²) in [5.74, 6) is -0.882. The van der Waals surface area contributed by atoms with Crippen molar-refractivity contribution in [2.45, 2.75) is 25.1 Å². The van der Waals surface area contributed by atoms with E-state index in [-0.39, 0.29) is 29.6 Å². The molecule has 2 aromatic carbocycles. The van der Waals surface area contributed by atoms with Gasteiger partial charge in [0.2, 0.25) is 0 Å². The Balaban J connectivity index is 0.000000271. The molecule has 27 heavy (non-hydrogen) atoms. The van der Waals surface area contributed by atoms with E-state index in [1.165, 1.54) is 13.8 Å². The van der Waals surface area contributed by atoms with E-state index < -0.39 is 4.83 Å². The summed E-state index contributed by atoms with van der Waals surface area (Å²) < 4.78 is 0. The van der Waals surface area contributed by atoms with E-state index in [1.807, 2.05) is 0 Å². The van der Waals surface area contributed by atoms with E-state index >= 15 is 0 Å². The fraction of sp³-hybridized carbons (Fsp3) is 0.200. The minimum Gasteiger partial charge on any atom is -0.398 e. The van der Waals surface area contributed by atoms with Crippen LogP contribution in [0.15, 0.2) is 48.5 Å². The molecule has 1 atom stereocenters. The molecule has 0 aliphatic rings. The summed E-state index contributed by atoms with van der Waals surface area (Å²) in [7, 11) is 0. The quantitative estimate of drug-likeness (QED) is 0.312. The van der Waals surface area contributed by atoms with Crippen molar-refractivity contribution in [2.24, 2.45) is 0 Å². The van der Waals surface area contributed by atoms with E-state index in [0.29, 0.717) is 22.5 Å². The first-order valence-electron chi connectivity index (χ1n) is 8.05. The molecule has 4 N–H and O–H groups in total. The molecule has 0 aliphatic heterocycles. The molecule has 0 aromatic heterocycles. The number of halogens is 1. The van der Waals surface area contributed by atoms with Crippen molar-refractivity contribution < 1.29 is 19.2 Å². The molecule has 0 fully saturated rings. The average molecular weight is 433 g/mol. The number of benzene rings is 2. The minimum absolute atomic E-state index is 0.0752. The summed E-state index contributed by atoms with van der Waals surface area (Å²) in [5, 5.41) is 0. The van der Waals surface area contributed by atoms with E-state index in [0.717, 1.165) is 0 Å². The lowest BCUT2D eigenvalue weighted by molar-refractivity contribution is -0.116. The van der Waals surface area contributed by atoms with Crippen LogP contribution in [0.4, 0.5) is 11.4 Å². The van der Waals surface area contributed by atoms with Crippen LogP contribution in [-0.2, 0) is 9.59 Å². The summed E-state index contributed by atoms with van der Waals surface area (Å²) >= 11 is 3.02. The van der Waals surface area contributed by atoms with Crippen molar-refractivity contribution in [1.29, 1.82) is 0 Å². The zero-order chi connectivity index (χ0) is 20.6. The van der Waals surface area contributed by atoms with Crippen molar-refractivity contribution in [1.82, 2.24) is 0 Å². The molecule has 0 aliphatic carbocycles. The molecule has 142 valence electrons. The van der Waals surface area contributed by atoms with Crippen LogP contribution in [0, 0.1) is 0 Å². The summed E-state index contributed by atoms with van der Waals surface area (Å²) in [6, 6.07) is 13.4. The van der Waals surface area contributed by atoms with Gasteiger partial charge in [-0.15, -0.1) is 0 Å². The highest BCUT2D eigenvalue weighted by Crippen LogP contribution is 2.17. The molecule has 0 saturated heterocycles. The van der Waals surface area contributed by atoms with Crippen molar-refractivity contribution in [3.05, 3.63) is 59.7 Å². The van der Waals surface area contributed by atoms with Gasteiger partial charge in [0.05, 0.1) is 6.42 Å². The summed E-state index contributed by atoms with van der Waals surface area (Å²) in [5.41, 5.74) is 12.8. The van der Waals surface area contributed by atoms with Crippen LogP contribution < -0.4 is 11.5 Å². The first-order chi connectivity index (χ1) is 12.6. The van der Waals surface area contributed by atoms with E-state index in [9.17, 15) is 19.2 Å². The Labute approximate surface area is 166 Å². The van der Waals surface area contributed by atoms with E-state index in [4.69, 9.17) is 11.5 Å². The Morgan fingerprint density at radius 3 is 1.70 bits per heavy atom. The highest BCUT2D eigenvalue weighted by atomic mass is 79.9. The number of carbonyl (C=O) groups excluding carboxylic acids is 4. The Kier molecular flexibility index (Phi) is 8.55. The molecule has 0 saturated carbocycles. The predicted octanol–water partition coefficient (Wildman–Crippen LogP) is 3.23. The molecule has 6 nitrogen and oxygen atoms in total. The smallest absolute Gasteiger partial charge is 0.185 e. The third-order valence-corrected chi connectivity index (χ3v) is 4.54. The van der Waals surface area contributed by atoms with Gasteiger partial charge in [0.1, 0.15) is 10.6 Å². The molecule has 1 unspecified atom stereocenters. The van der Waals surface area contributed by atoms with Gasteiger partial charge in [-0.05, 0) is 38.1 Å². The number of alkyl halides is 1. The lowest BCUT2D eigenvalue weighted by Gasteiger charge is -2.06. The Hall–Kier alpha value is -2.80. The number of anilines is 2. The number of rotatable bonds is 6. The van der Waals surface area contributed by atoms with Gasteiger partial charge in [-0.2, -0.15) is 0 Å². The Morgan fingerprint density at radius 2 is 1.30 bits per heavy atom. The Morgan fingerprint density at radius 1 is 0.852 bits per heavy atom. The summed E-state index contributed by atoms with van der Waals surface area (Å²) in [6.07, 6.45) is -0.0752. The SMILES string of the molecule is CC(=O)C(Br)C(=O)c1ccccc1N.CC(=O)CC(=O)c1ccccc1N. The third kappa shape index (κ3) is 6.79. The maximum atomic E-state index is 11.7. The van der Waals surface area contributed by atoms with Gasteiger partial charge in [0, 0.05) is 22.5 Å². The number of para-hydroxylation sites is 2. The van der Waals surface area contributed by atoms with Crippen LogP contribution in [0.1, 0.15) is 41.0 Å². The first-order valence-corrected chi connectivity index (χ1v) is 8.97. The zero-order valence-corrected chi connectivity index (χ0v) is 16.7. The van der Waals surface area contributed by atoms with Gasteiger partial charge in [-0.25, -0.2) is 0 Å². The molecular formula is C20H21BrN2O4. The number of nitrogen functional groups attached to an aromatic ring is 2. The average Bonchev–Trinajstić information content (AvgIpc) is 2.61. The highest BCUT2D eigenvalue weighted by molar-refractivity contribution is 9.10. The molecular weight excluding hydrogens is 412 g/mol. The zero-order valence-electron chi connectivity index (χ0n) is 15.1. The third-order valence-electron chi connectivity index (χ3n) is 3.48. The fourth-order valence-corrected chi connectivity index (χ4v) is 2.36. The normalized spacial score (nSPS) is 10.9. The maximum absolute atomic E-state index is 11.7. The van der Waals surface area contributed by atoms with Gasteiger partial charge >= 0.3 is 0 Å². The molecule has 2 rings (SSSR count). The van der Waals surface area contributed by atoms with Crippen molar-refractivity contribution in [3.63, 3.8) is 0 Å². The summed E-state index contributed by atoms with van der Waals surface area (Å²) in [4.78, 5) is 43.9. The van der Waals surface area contributed by atoms with Gasteiger partial charge in [0.15, 0.2) is 17.3 Å². The molecule has 0 spiro atoms. The van der Waals surface area contributed by atoms with Crippen LogP contribution in [0.2, 0.25) is 0 Å². The van der Waals surface area contributed by atoms with Gasteiger partial charge in [-0.1, -0.05) is 40.2 Å². The number of hydrogen-bond donors (Lipinski definition) is 2. The van der Waals surface area contributed by atoms with Crippen molar-refractivity contribution in [3.8, 4) is 0 Å². The number of ketones is 4. The largest absolute Gasteiger partial charge is 0.398 e. The monoisotopic (exact) mass is 432 g/mol. The lowest BCUT2D eigenvalue weighted by Crippen LogP contribution is -2.22. The van der Waals surface area contributed by atoms with Crippen LogP contribution >= 0.6 is 15.9 Å². The molecule has 0 heterocycles. The predicted molar refractivity (Wildman–Crippen MR) is 109 cm³/mol. The number of carbonyl (C=O) groups is 4. The first kappa shape index (κ1) is 22.2. The van der Waals surface area contributed by atoms with Crippen LogP contribution in [-0.4, -0.2) is 28.0 Å². The van der Waals surface area contributed by atoms with E-state index in [2.05, 4.69) is 15.9 Å². The maximum Gasteiger partial charge on any atom is 0.185 e. The second-order valence-electron chi connectivity index (χ2n) is 5.81. The van der Waals surface area contributed by atoms with Gasteiger partial charge in [0.25, 0.3) is 0 Å². The van der Waals surface area contributed by atoms with E-state index in [1.54, 1.807) is 48.5 Å². The molecule has 2 aromatic rings. The number of nitrogens with two attached hydrogens (primary N) is 2. The van der Waals surface area contributed by atoms with Crippen LogP contribution in [0.3, 0.4) is 0 Å².